The van der Waals surface area contributed by atoms with Gasteiger partial charge in [-0.25, -0.2) is 4.98 Å². The van der Waals surface area contributed by atoms with Crippen molar-refractivity contribution in [1.29, 1.82) is 0 Å². The van der Waals surface area contributed by atoms with Gasteiger partial charge >= 0.3 is 0 Å². The molecular formula is C43H28N2OS. The number of aromatic nitrogens is 1. The summed E-state index contributed by atoms with van der Waals surface area (Å²) in [6, 6.07) is 59.7. The first-order valence-corrected chi connectivity index (χ1v) is 16.5. The van der Waals surface area contributed by atoms with Gasteiger partial charge in [0, 0.05) is 39.5 Å². The number of nitrogens with zero attached hydrogens (tertiary/aromatic N) is 2. The molecule has 0 N–H and O–H groups in total. The Morgan fingerprint density at radius 1 is 0.468 bits per heavy atom. The van der Waals surface area contributed by atoms with Gasteiger partial charge in [-0.15, -0.1) is 11.3 Å². The van der Waals surface area contributed by atoms with E-state index in [1.807, 2.05) is 6.07 Å². The molecule has 0 bridgehead atoms. The lowest BCUT2D eigenvalue weighted by molar-refractivity contribution is 0.669. The summed E-state index contributed by atoms with van der Waals surface area (Å²) >= 11 is 1.70. The van der Waals surface area contributed by atoms with E-state index < -0.39 is 0 Å². The molecule has 0 aliphatic heterocycles. The van der Waals surface area contributed by atoms with Crippen LogP contribution in [0.4, 0.5) is 17.1 Å². The number of para-hydroxylation sites is 1. The zero-order chi connectivity index (χ0) is 31.2. The molecule has 3 nitrogen and oxygen atoms in total. The second kappa shape index (κ2) is 11.4. The number of hydrogen-bond donors (Lipinski definition) is 0. The highest BCUT2D eigenvalue weighted by Gasteiger charge is 2.17. The third-order valence-electron chi connectivity index (χ3n) is 8.71. The Morgan fingerprint density at radius 2 is 1.04 bits per heavy atom. The molecule has 9 rings (SSSR count). The van der Waals surface area contributed by atoms with Gasteiger partial charge in [0.25, 0.3) is 0 Å². The highest BCUT2D eigenvalue weighted by Crippen LogP contribution is 2.42. The lowest BCUT2D eigenvalue weighted by Gasteiger charge is -2.26. The number of thiazole rings is 1. The van der Waals surface area contributed by atoms with Gasteiger partial charge < -0.3 is 9.32 Å². The zero-order valence-corrected chi connectivity index (χ0v) is 26.2. The van der Waals surface area contributed by atoms with Crippen molar-refractivity contribution in [3.05, 3.63) is 170 Å². The average molecular weight is 621 g/mol. The first kappa shape index (κ1) is 27.3. The zero-order valence-electron chi connectivity index (χ0n) is 25.4. The molecule has 0 amide bonds. The van der Waals surface area contributed by atoms with Gasteiger partial charge in [0.15, 0.2) is 0 Å². The van der Waals surface area contributed by atoms with Crippen LogP contribution >= 0.6 is 11.3 Å². The van der Waals surface area contributed by atoms with E-state index in [1.165, 1.54) is 11.1 Å². The second-order valence-electron chi connectivity index (χ2n) is 11.6. The van der Waals surface area contributed by atoms with Gasteiger partial charge in [-0.3, -0.25) is 0 Å². The van der Waals surface area contributed by atoms with Crippen LogP contribution in [-0.4, -0.2) is 4.98 Å². The normalized spacial score (nSPS) is 11.4. The topological polar surface area (TPSA) is 29.3 Å². The SMILES string of the molecule is c1ccc(-c2ccc(N(c3ccccc3)c3ccc(-c4cccc5oc6cc7sc(-c8ccccc8)nc7cc6c45)cc3)cc2)cc1. The van der Waals surface area contributed by atoms with Crippen molar-refractivity contribution in [2.75, 3.05) is 4.90 Å². The van der Waals surface area contributed by atoms with Crippen LogP contribution in [0.25, 0.3) is 65.0 Å². The van der Waals surface area contributed by atoms with Crippen LogP contribution in [0, 0.1) is 0 Å². The Hall–Kier alpha value is -5.97. The summed E-state index contributed by atoms with van der Waals surface area (Å²) in [7, 11) is 0. The van der Waals surface area contributed by atoms with Crippen molar-refractivity contribution in [3.63, 3.8) is 0 Å². The number of benzene rings is 7. The van der Waals surface area contributed by atoms with Crippen LogP contribution in [0.2, 0.25) is 0 Å². The van der Waals surface area contributed by atoms with Crippen molar-refractivity contribution >= 4 is 60.6 Å². The maximum absolute atomic E-state index is 6.43. The van der Waals surface area contributed by atoms with Crippen LogP contribution in [0.1, 0.15) is 0 Å². The number of anilines is 3. The maximum atomic E-state index is 6.43. The minimum atomic E-state index is 0.881. The van der Waals surface area contributed by atoms with Gasteiger partial charge in [0.05, 0.1) is 10.2 Å². The average Bonchev–Trinajstić information content (AvgIpc) is 3.73. The summed E-state index contributed by atoms with van der Waals surface area (Å²) in [5.41, 5.74) is 11.9. The third-order valence-corrected chi connectivity index (χ3v) is 9.78. The van der Waals surface area contributed by atoms with E-state index in [4.69, 9.17) is 9.40 Å². The van der Waals surface area contributed by atoms with E-state index in [1.54, 1.807) is 11.3 Å². The third kappa shape index (κ3) is 4.96. The van der Waals surface area contributed by atoms with Crippen molar-refractivity contribution in [2.24, 2.45) is 0 Å². The standard InChI is InChI=1S/C43H28N2OS/c1-4-11-29(12-5-1)30-19-23-34(24-20-30)45(33-15-8-3-9-16-33)35-25-21-31(22-26-35)36-17-10-18-39-42(36)37-27-38-41(28-40(37)46-39)47-43(44-38)32-13-6-2-7-14-32/h1-28H. The van der Waals surface area contributed by atoms with Crippen molar-refractivity contribution in [2.45, 2.75) is 0 Å². The van der Waals surface area contributed by atoms with E-state index in [2.05, 4.69) is 169 Å². The molecule has 9 aromatic rings. The van der Waals surface area contributed by atoms with Gasteiger partial charge in [-0.2, -0.15) is 0 Å². The van der Waals surface area contributed by atoms with Crippen LogP contribution < -0.4 is 4.90 Å². The highest BCUT2D eigenvalue weighted by atomic mass is 32.1. The number of rotatable bonds is 6. The molecular weight excluding hydrogens is 593 g/mol. The first-order valence-electron chi connectivity index (χ1n) is 15.7. The van der Waals surface area contributed by atoms with E-state index in [-0.39, 0.29) is 0 Å². The predicted molar refractivity (Wildman–Crippen MR) is 198 cm³/mol. The molecule has 0 atom stereocenters. The summed E-state index contributed by atoms with van der Waals surface area (Å²) in [5, 5.41) is 3.22. The maximum Gasteiger partial charge on any atom is 0.137 e. The number of hydrogen-bond acceptors (Lipinski definition) is 4. The molecule has 0 saturated carbocycles. The van der Waals surface area contributed by atoms with Gasteiger partial charge in [0.2, 0.25) is 0 Å². The summed E-state index contributed by atoms with van der Waals surface area (Å²) in [5.74, 6) is 0. The molecule has 7 aromatic carbocycles. The predicted octanol–water partition coefficient (Wildman–Crippen LogP) is 12.7. The van der Waals surface area contributed by atoms with E-state index >= 15 is 0 Å². The summed E-state index contributed by atoms with van der Waals surface area (Å²) < 4.78 is 7.55. The monoisotopic (exact) mass is 620 g/mol. The molecule has 2 aromatic heterocycles. The summed E-state index contributed by atoms with van der Waals surface area (Å²) in [6.45, 7) is 0. The smallest absolute Gasteiger partial charge is 0.137 e. The van der Waals surface area contributed by atoms with Crippen LogP contribution in [0.15, 0.2) is 174 Å². The molecule has 0 aliphatic carbocycles. The Labute approximate surface area is 276 Å². The number of furan rings is 1. The van der Waals surface area contributed by atoms with Gasteiger partial charge in [-0.1, -0.05) is 115 Å². The Kier molecular flexibility index (Phi) is 6.65. The van der Waals surface area contributed by atoms with Crippen molar-refractivity contribution in [1.82, 2.24) is 4.98 Å². The molecule has 4 heteroatoms. The van der Waals surface area contributed by atoms with E-state index in [0.717, 1.165) is 70.9 Å². The highest BCUT2D eigenvalue weighted by molar-refractivity contribution is 7.21. The fourth-order valence-corrected chi connectivity index (χ4v) is 7.42. The van der Waals surface area contributed by atoms with E-state index in [9.17, 15) is 0 Å². The largest absolute Gasteiger partial charge is 0.456 e. The molecule has 2 heterocycles. The summed E-state index contributed by atoms with van der Waals surface area (Å²) in [4.78, 5) is 7.31. The lowest BCUT2D eigenvalue weighted by Crippen LogP contribution is -2.09. The lowest BCUT2D eigenvalue weighted by atomic mass is 9.99. The molecule has 47 heavy (non-hydrogen) atoms. The summed E-state index contributed by atoms with van der Waals surface area (Å²) in [6.07, 6.45) is 0. The Balaban J connectivity index is 1.11. The molecule has 0 unspecified atom stereocenters. The molecule has 0 aliphatic rings. The minimum absolute atomic E-state index is 0.881. The minimum Gasteiger partial charge on any atom is -0.456 e. The van der Waals surface area contributed by atoms with Crippen molar-refractivity contribution < 1.29 is 4.42 Å². The quantitative estimate of drug-likeness (QED) is 0.185. The van der Waals surface area contributed by atoms with Crippen LogP contribution in [-0.2, 0) is 0 Å². The fourth-order valence-electron chi connectivity index (χ4n) is 6.44. The first-order chi connectivity index (χ1) is 23.3. The number of fused-ring (bicyclic) bond motifs is 4. The molecule has 222 valence electrons. The fraction of sp³-hybridized carbons (Fsp3) is 0. The Bertz CT molecular complexity index is 2480. The van der Waals surface area contributed by atoms with Gasteiger partial charge in [0.1, 0.15) is 16.2 Å². The molecule has 0 spiro atoms. The molecule has 0 fully saturated rings. The molecule has 0 saturated heterocycles. The van der Waals surface area contributed by atoms with E-state index in [0.29, 0.717) is 0 Å². The van der Waals surface area contributed by atoms with Crippen molar-refractivity contribution in [3.8, 4) is 32.8 Å². The molecule has 0 radical (unpaired) electrons. The Morgan fingerprint density at radius 3 is 1.72 bits per heavy atom. The van der Waals surface area contributed by atoms with Gasteiger partial charge in [-0.05, 0) is 70.8 Å². The van der Waals surface area contributed by atoms with Crippen LogP contribution in [0.3, 0.4) is 0 Å². The van der Waals surface area contributed by atoms with Crippen LogP contribution in [0.5, 0.6) is 0 Å². The second-order valence-corrected chi connectivity index (χ2v) is 12.6.